The fourth-order valence-electron chi connectivity index (χ4n) is 1.78. The number of hydrogen-bond acceptors (Lipinski definition) is 2. The molecule has 0 fully saturated rings. The Balaban J connectivity index is 2.49. The highest BCUT2D eigenvalue weighted by Crippen LogP contribution is 2.30. The van der Waals surface area contributed by atoms with Gasteiger partial charge in [-0.05, 0) is 23.8 Å². The second-order valence-electron chi connectivity index (χ2n) is 3.16. The van der Waals surface area contributed by atoms with Gasteiger partial charge in [0.15, 0.2) is 0 Å². The van der Waals surface area contributed by atoms with Gasteiger partial charge in [-0.1, -0.05) is 6.07 Å². The van der Waals surface area contributed by atoms with Crippen LogP contribution in [0.15, 0.2) is 24.3 Å². The van der Waals surface area contributed by atoms with E-state index in [0.29, 0.717) is 0 Å². The van der Waals surface area contributed by atoms with Gasteiger partial charge in [-0.25, -0.2) is 4.98 Å². The van der Waals surface area contributed by atoms with Gasteiger partial charge in [0.1, 0.15) is 5.75 Å². The summed E-state index contributed by atoms with van der Waals surface area (Å²) in [5.74, 6) is 0.959. The molecular weight excluding hydrogens is 162 g/mol. The molecular formula is C11H8NO. The van der Waals surface area contributed by atoms with Gasteiger partial charge in [0.05, 0.1) is 18.3 Å². The van der Waals surface area contributed by atoms with E-state index in [0.717, 1.165) is 29.7 Å². The average Bonchev–Trinajstić information content (AvgIpc) is 2.19. The summed E-state index contributed by atoms with van der Waals surface area (Å²) in [5, 5.41) is 1.16. The quantitative estimate of drug-likeness (QED) is 0.603. The Morgan fingerprint density at radius 1 is 1.38 bits per heavy atom. The molecule has 13 heavy (non-hydrogen) atoms. The Labute approximate surface area is 76.2 Å². The van der Waals surface area contributed by atoms with Crippen molar-refractivity contribution in [3.05, 3.63) is 36.0 Å². The summed E-state index contributed by atoms with van der Waals surface area (Å²) in [6, 6.07) is 7.90. The molecule has 1 aromatic heterocycles. The fraction of sp³-hybridized carbons (Fsp3) is 0.182. The molecule has 0 atom stereocenters. The third-order valence-corrected chi connectivity index (χ3v) is 2.38. The first-order valence-electron chi connectivity index (χ1n) is 4.36. The van der Waals surface area contributed by atoms with Crippen molar-refractivity contribution >= 4 is 10.9 Å². The molecule has 0 N–H and O–H groups in total. The Hall–Kier alpha value is -1.57. The van der Waals surface area contributed by atoms with Crippen molar-refractivity contribution in [3.63, 3.8) is 0 Å². The van der Waals surface area contributed by atoms with Crippen molar-refractivity contribution in [2.24, 2.45) is 0 Å². The molecule has 1 aliphatic heterocycles. The SMILES string of the molecule is [c]1cc2c3c(cccc3n1)OCC2. The summed E-state index contributed by atoms with van der Waals surface area (Å²) < 4.78 is 5.54. The molecule has 1 radical (unpaired) electrons. The highest BCUT2D eigenvalue weighted by Gasteiger charge is 2.12. The van der Waals surface area contributed by atoms with Crippen LogP contribution in [-0.2, 0) is 6.42 Å². The number of nitrogens with zero attached hydrogens (tertiary/aromatic N) is 1. The number of ether oxygens (including phenoxy) is 1. The number of rotatable bonds is 0. The molecule has 0 bridgehead atoms. The van der Waals surface area contributed by atoms with Crippen LogP contribution in [0.25, 0.3) is 10.9 Å². The molecule has 1 aliphatic rings. The lowest BCUT2D eigenvalue weighted by molar-refractivity contribution is 0.318. The van der Waals surface area contributed by atoms with Crippen molar-refractivity contribution in [2.75, 3.05) is 6.61 Å². The maximum atomic E-state index is 5.54. The molecule has 2 nitrogen and oxygen atoms in total. The summed E-state index contributed by atoms with van der Waals surface area (Å²) in [4.78, 5) is 4.18. The summed E-state index contributed by atoms with van der Waals surface area (Å²) in [7, 11) is 0. The van der Waals surface area contributed by atoms with Gasteiger partial charge in [-0.15, -0.1) is 0 Å². The second-order valence-corrected chi connectivity index (χ2v) is 3.16. The molecule has 0 aliphatic carbocycles. The van der Waals surface area contributed by atoms with E-state index in [9.17, 15) is 0 Å². The molecule has 2 heterocycles. The van der Waals surface area contributed by atoms with Gasteiger partial charge in [-0.2, -0.15) is 0 Å². The first kappa shape index (κ1) is 6.89. The van der Waals surface area contributed by atoms with E-state index in [1.807, 2.05) is 24.3 Å². The summed E-state index contributed by atoms with van der Waals surface area (Å²) in [5.41, 5.74) is 2.28. The van der Waals surface area contributed by atoms with Crippen molar-refractivity contribution in [3.8, 4) is 5.75 Å². The van der Waals surface area contributed by atoms with Crippen LogP contribution in [0.2, 0.25) is 0 Å². The molecule has 63 valence electrons. The average molecular weight is 170 g/mol. The number of pyridine rings is 1. The predicted octanol–water partition coefficient (Wildman–Crippen LogP) is 1.97. The monoisotopic (exact) mass is 170 g/mol. The zero-order chi connectivity index (χ0) is 8.67. The van der Waals surface area contributed by atoms with Gasteiger partial charge in [0.2, 0.25) is 0 Å². The molecule has 1 aromatic carbocycles. The van der Waals surface area contributed by atoms with Crippen molar-refractivity contribution in [1.29, 1.82) is 0 Å². The van der Waals surface area contributed by atoms with E-state index in [-0.39, 0.29) is 0 Å². The first-order valence-corrected chi connectivity index (χ1v) is 4.36. The van der Waals surface area contributed by atoms with Crippen LogP contribution in [0, 0.1) is 6.20 Å². The van der Waals surface area contributed by atoms with E-state index in [4.69, 9.17) is 4.74 Å². The summed E-state index contributed by atoms with van der Waals surface area (Å²) in [6.45, 7) is 0.768. The Morgan fingerprint density at radius 2 is 2.38 bits per heavy atom. The van der Waals surface area contributed by atoms with Crippen LogP contribution < -0.4 is 4.74 Å². The van der Waals surface area contributed by atoms with Crippen LogP contribution in [0.5, 0.6) is 5.75 Å². The molecule has 2 aromatic rings. The summed E-state index contributed by atoms with van der Waals surface area (Å²) in [6.07, 6.45) is 3.88. The molecule has 2 heteroatoms. The van der Waals surface area contributed by atoms with Crippen molar-refractivity contribution < 1.29 is 4.74 Å². The minimum atomic E-state index is 0.768. The molecule has 0 saturated heterocycles. The Kier molecular flexibility index (Phi) is 1.30. The van der Waals surface area contributed by atoms with Gasteiger partial charge in [0, 0.05) is 11.8 Å². The van der Waals surface area contributed by atoms with Crippen LogP contribution in [0.1, 0.15) is 5.56 Å². The number of benzene rings is 1. The maximum absolute atomic E-state index is 5.54. The first-order chi connectivity index (χ1) is 6.45. The topological polar surface area (TPSA) is 22.1 Å². The zero-order valence-corrected chi connectivity index (χ0v) is 7.08. The predicted molar refractivity (Wildman–Crippen MR) is 49.8 cm³/mol. The number of aromatic nitrogens is 1. The summed E-state index contributed by atoms with van der Waals surface area (Å²) >= 11 is 0. The van der Waals surface area contributed by atoms with Gasteiger partial charge in [-0.3, -0.25) is 0 Å². The van der Waals surface area contributed by atoms with Crippen LogP contribution in [-0.4, -0.2) is 11.6 Å². The highest BCUT2D eigenvalue weighted by molar-refractivity contribution is 5.88. The lowest BCUT2D eigenvalue weighted by Gasteiger charge is -2.16. The van der Waals surface area contributed by atoms with Crippen molar-refractivity contribution in [1.82, 2.24) is 4.98 Å². The minimum absolute atomic E-state index is 0.768. The number of hydrogen-bond donors (Lipinski definition) is 0. The third kappa shape index (κ3) is 0.917. The Bertz CT molecular complexity index is 426. The van der Waals surface area contributed by atoms with Gasteiger partial charge in [0.25, 0.3) is 0 Å². The molecule has 3 rings (SSSR count). The molecule has 0 unspecified atom stereocenters. The zero-order valence-electron chi connectivity index (χ0n) is 7.08. The molecule has 0 spiro atoms. The van der Waals surface area contributed by atoms with Crippen LogP contribution >= 0.6 is 0 Å². The highest BCUT2D eigenvalue weighted by atomic mass is 16.5. The van der Waals surface area contributed by atoms with E-state index in [1.165, 1.54) is 5.56 Å². The molecule has 0 amide bonds. The third-order valence-electron chi connectivity index (χ3n) is 2.38. The van der Waals surface area contributed by atoms with Crippen LogP contribution in [0.4, 0.5) is 0 Å². The normalized spacial score (nSPS) is 14.2. The maximum Gasteiger partial charge on any atom is 0.128 e. The van der Waals surface area contributed by atoms with E-state index >= 15 is 0 Å². The van der Waals surface area contributed by atoms with Gasteiger partial charge >= 0.3 is 0 Å². The van der Waals surface area contributed by atoms with Crippen molar-refractivity contribution in [2.45, 2.75) is 6.42 Å². The van der Waals surface area contributed by atoms with Crippen LogP contribution in [0.3, 0.4) is 0 Å². The lowest BCUT2D eigenvalue weighted by Crippen LogP contribution is -2.08. The van der Waals surface area contributed by atoms with Gasteiger partial charge < -0.3 is 4.74 Å². The van der Waals surface area contributed by atoms with E-state index in [1.54, 1.807) is 0 Å². The Morgan fingerprint density at radius 3 is 3.38 bits per heavy atom. The lowest BCUT2D eigenvalue weighted by atomic mass is 10.0. The standard InChI is InChI=1S/C11H8NO/c1-2-9-11-8(4-6-12-9)5-7-13-10(11)3-1/h1-4H,5,7H2. The van der Waals surface area contributed by atoms with E-state index in [2.05, 4.69) is 11.2 Å². The smallest absolute Gasteiger partial charge is 0.128 e. The fourth-order valence-corrected chi connectivity index (χ4v) is 1.78. The largest absolute Gasteiger partial charge is 0.493 e. The van der Waals surface area contributed by atoms with E-state index < -0.39 is 0 Å². The minimum Gasteiger partial charge on any atom is -0.493 e. The molecule has 0 saturated carbocycles. The second kappa shape index (κ2) is 2.46.